The van der Waals surface area contributed by atoms with E-state index < -0.39 is 36.1 Å². The Kier molecular flexibility index (Phi) is 6.10. The molecular weight excluding hydrogens is 532 g/mol. The maximum Gasteiger partial charge on any atom is 0.261 e. The van der Waals surface area contributed by atoms with Gasteiger partial charge in [-0.05, 0) is 25.5 Å². The van der Waals surface area contributed by atoms with E-state index in [-0.39, 0.29) is 34.8 Å². The lowest BCUT2D eigenvalue weighted by Gasteiger charge is -2.52. The van der Waals surface area contributed by atoms with E-state index in [2.05, 4.69) is 20.5 Å². The minimum atomic E-state index is -2.82. The van der Waals surface area contributed by atoms with E-state index in [9.17, 15) is 18.4 Å². The summed E-state index contributed by atoms with van der Waals surface area (Å²) in [7, 11) is 2.86. The van der Waals surface area contributed by atoms with Crippen LogP contribution in [-0.2, 0) is 4.74 Å². The summed E-state index contributed by atoms with van der Waals surface area (Å²) < 4.78 is 44.0. The molecule has 6 rings (SSSR count). The first-order valence-electron chi connectivity index (χ1n) is 12.5. The highest BCUT2D eigenvalue weighted by Gasteiger charge is 2.54. The molecule has 2 atom stereocenters. The molecule has 0 radical (unpaired) electrons. The topological polar surface area (TPSA) is 115 Å². The number of carbonyl (C=O) groups excluding carboxylic acids is 2. The number of thiazole rings is 1. The first-order valence-corrected chi connectivity index (χ1v) is 13.3. The highest BCUT2D eigenvalue weighted by atomic mass is 32.1. The van der Waals surface area contributed by atoms with Gasteiger partial charge in [0.1, 0.15) is 11.3 Å². The first kappa shape index (κ1) is 25.7. The number of halogens is 2. The summed E-state index contributed by atoms with van der Waals surface area (Å²) in [5, 5.41) is 6.25. The van der Waals surface area contributed by atoms with E-state index in [1.165, 1.54) is 37.8 Å². The van der Waals surface area contributed by atoms with Gasteiger partial charge in [0, 0.05) is 24.4 Å². The van der Waals surface area contributed by atoms with Crippen LogP contribution in [0.2, 0.25) is 0 Å². The highest BCUT2D eigenvalue weighted by Crippen LogP contribution is 2.46. The molecule has 3 aliphatic rings. The van der Waals surface area contributed by atoms with Crippen molar-refractivity contribution < 1.29 is 32.6 Å². The Morgan fingerprint density at radius 2 is 1.90 bits per heavy atom. The number of rotatable bonds is 7. The van der Waals surface area contributed by atoms with E-state index >= 15 is 0 Å². The monoisotopic (exact) mass is 559 g/mol. The standard InChI is InChI=1S/C26H27F2N5O5S/c1-25(11-26(27,28)12-25)32-22(34)15-7-19(37-3)29-8-17(15)30-23(35)20-18(36-2)5-4-16-21(20)39-24(31-16)33-13-6-14(33)10-38-9-13/h4-5,7-8,13-14H,6,9-12H2,1-3H3,(H,30,35)(H,32,34). The van der Waals surface area contributed by atoms with E-state index in [0.717, 1.165) is 11.6 Å². The van der Waals surface area contributed by atoms with Gasteiger partial charge in [-0.1, -0.05) is 11.3 Å². The number of anilines is 2. The fourth-order valence-corrected chi connectivity index (χ4v) is 6.89. The zero-order valence-corrected chi connectivity index (χ0v) is 22.4. The Hall–Kier alpha value is -3.58. The van der Waals surface area contributed by atoms with Crippen LogP contribution >= 0.6 is 11.3 Å². The van der Waals surface area contributed by atoms with Gasteiger partial charge in [0.05, 0.1) is 67.2 Å². The van der Waals surface area contributed by atoms with Gasteiger partial charge in [0.25, 0.3) is 17.7 Å². The summed E-state index contributed by atoms with van der Waals surface area (Å²) in [5.74, 6) is -3.49. The third-order valence-electron chi connectivity index (χ3n) is 7.42. The number of ether oxygens (including phenoxy) is 3. The van der Waals surface area contributed by atoms with Gasteiger partial charge < -0.3 is 29.7 Å². The third-order valence-corrected chi connectivity index (χ3v) is 8.52. The molecule has 10 nitrogen and oxygen atoms in total. The van der Waals surface area contributed by atoms with Crippen molar-refractivity contribution in [1.29, 1.82) is 0 Å². The molecule has 2 aliphatic heterocycles. The predicted octanol–water partition coefficient (Wildman–Crippen LogP) is 3.86. The average molecular weight is 560 g/mol. The number of hydrogen-bond donors (Lipinski definition) is 2. The van der Waals surface area contributed by atoms with E-state index in [1.54, 1.807) is 19.1 Å². The van der Waals surface area contributed by atoms with Gasteiger partial charge in [0.15, 0.2) is 5.13 Å². The number of hydrogen-bond acceptors (Lipinski definition) is 9. The maximum atomic E-state index is 13.7. The number of amides is 2. The number of alkyl halides is 2. The van der Waals surface area contributed by atoms with Crippen molar-refractivity contribution >= 4 is 44.2 Å². The minimum Gasteiger partial charge on any atom is -0.496 e. The van der Waals surface area contributed by atoms with Crippen LogP contribution < -0.4 is 25.0 Å². The Labute approximate surface area is 226 Å². The summed E-state index contributed by atoms with van der Waals surface area (Å²) in [5.41, 5.74) is -0.000728. The number of aromatic nitrogens is 2. The normalized spacial score (nSPS) is 22.4. The Morgan fingerprint density at radius 3 is 2.54 bits per heavy atom. The summed E-state index contributed by atoms with van der Waals surface area (Å²) in [6.07, 6.45) is 1.43. The third kappa shape index (κ3) is 4.52. The number of carbonyl (C=O) groups is 2. The second-order valence-electron chi connectivity index (χ2n) is 10.4. The summed E-state index contributed by atoms with van der Waals surface area (Å²) in [4.78, 5) is 38.0. The van der Waals surface area contributed by atoms with Crippen LogP contribution in [0.15, 0.2) is 24.4 Å². The number of morpholine rings is 1. The van der Waals surface area contributed by atoms with Crippen LogP contribution in [0.4, 0.5) is 19.6 Å². The summed E-state index contributed by atoms with van der Waals surface area (Å²) in [6.45, 7) is 2.86. The second-order valence-corrected chi connectivity index (χ2v) is 11.4. The molecule has 0 spiro atoms. The van der Waals surface area contributed by atoms with Crippen LogP contribution in [0.3, 0.4) is 0 Å². The van der Waals surface area contributed by atoms with Crippen molar-refractivity contribution in [2.24, 2.45) is 0 Å². The molecule has 1 aliphatic carbocycles. The number of pyridine rings is 1. The average Bonchev–Trinajstić information content (AvgIpc) is 3.30. The van der Waals surface area contributed by atoms with Crippen LogP contribution in [0.5, 0.6) is 11.6 Å². The molecule has 3 fully saturated rings. The molecule has 2 amide bonds. The molecule has 2 unspecified atom stereocenters. The zero-order valence-electron chi connectivity index (χ0n) is 21.5. The molecule has 39 heavy (non-hydrogen) atoms. The van der Waals surface area contributed by atoms with Gasteiger partial charge in [-0.2, -0.15) is 0 Å². The smallest absolute Gasteiger partial charge is 0.261 e. The lowest BCUT2D eigenvalue weighted by Crippen LogP contribution is -2.64. The van der Waals surface area contributed by atoms with E-state index in [4.69, 9.17) is 19.2 Å². The summed E-state index contributed by atoms with van der Waals surface area (Å²) in [6, 6.07) is 5.39. The first-order chi connectivity index (χ1) is 18.6. The van der Waals surface area contributed by atoms with Crippen LogP contribution in [0, 0.1) is 0 Å². The number of nitrogens with one attached hydrogen (secondary N) is 2. The van der Waals surface area contributed by atoms with Gasteiger partial charge in [0.2, 0.25) is 5.88 Å². The Bertz CT molecular complexity index is 1460. The highest BCUT2D eigenvalue weighted by molar-refractivity contribution is 7.22. The van der Waals surface area contributed by atoms with Crippen molar-refractivity contribution in [3.8, 4) is 11.6 Å². The molecule has 2 aromatic heterocycles. The van der Waals surface area contributed by atoms with Gasteiger partial charge in [-0.3, -0.25) is 9.59 Å². The number of benzene rings is 1. The van der Waals surface area contributed by atoms with Crippen molar-refractivity contribution in [2.75, 3.05) is 37.7 Å². The molecule has 3 aromatic rings. The van der Waals surface area contributed by atoms with Crippen LogP contribution in [-0.4, -0.2) is 72.8 Å². The second kappa shape index (κ2) is 9.26. The molecule has 2 saturated heterocycles. The number of methoxy groups -OCH3 is 2. The molecule has 4 heterocycles. The largest absolute Gasteiger partial charge is 0.496 e. The number of nitrogens with zero attached hydrogens (tertiary/aromatic N) is 3. The Balaban J connectivity index is 1.31. The Morgan fingerprint density at radius 1 is 1.15 bits per heavy atom. The SMILES string of the molecule is COc1cc(C(=O)NC2(C)CC(F)(F)C2)c(NC(=O)c2c(OC)ccc3nc(N4C5COCC4C5)sc23)cn1. The minimum absolute atomic E-state index is 0.0381. The van der Waals surface area contributed by atoms with Crippen LogP contribution in [0.25, 0.3) is 10.2 Å². The van der Waals surface area contributed by atoms with Gasteiger partial charge in [-0.15, -0.1) is 0 Å². The lowest BCUT2D eigenvalue weighted by atomic mass is 9.75. The van der Waals surface area contributed by atoms with Gasteiger partial charge in [-0.25, -0.2) is 18.7 Å². The molecule has 2 bridgehead atoms. The van der Waals surface area contributed by atoms with Crippen molar-refractivity contribution in [3.05, 3.63) is 35.5 Å². The van der Waals surface area contributed by atoms with Crippen molar-refractivity contribution in [3.63, 3.8) is 0 Å². The van der Waals surface area contributed by atoms with Crippen molar-refractivity contribution in [2.45, 2.75) is 49.7 Å². The quantitative estimate of drug-likeness (QED) is 0.449. The number of fused-ring (bicyclic) bond motifs is 3. The molecule has 1 aromatic carbocycles. The molecule has 2 N–H and O–H groups in total. The summed E-state index contributed by atoms with van der Waals surface area (Å²) >= 11 is 1.40. The predicted molar refractivity (Wildman–Crippen MR) is 140 cm³/mol. The fourth-order valence-electron chi connectivity index (χ4n) is 5.65. The fraction of sp³-hybridized carbons (Fsp3) is 0.462. The van der Waals surface area contributed by atoms with E-state index in [0.29, 0.717) is 29.2 Å². The van der Waals surface area contributed by atoms with E-state index in [1.807, 2.05) is 0 Å². The van der Waals surface area contributed by atoms with Gasteiger partial charge >= 0.3 is 0 Å². The molecule has 1 saturated carbocycles. The molecule has 206 valence electrons. The molecular formula is C26H27F2N5O5S. The molecule has 13 heteroatoms. The lowest BCUT2D eigenvalue weighted by molar-refractivity contribution is -0.124. The maximum absolute atomic E-state index is 13.7. The van der Waals surface area contributed by atoms with Crippen LogP contribution in [0.1, 0.15) is 46.9 Å². The van der Waals surface area contributed by atoms with Crippen molar-refractivity contribution in [1.82, 2.24) is 15.3 Å². The zero-order chi connectivity index (χ0) is 27.5.